The summed E-state index contributed by atoms with van der Waals surface area (Å²) in [5, 5.41) is 14.1. The lowest BCUT2D eigenvalue weighted by molar-refractivity contribution is -0.113. The van der Waals surface area contributed by atoms with E-state index in [9.17, 15) is 4.79 Å². The largest absolute Gasteiger partial charge is 0.494 e. The Hall–Kier alpha value is -4.18. The van der Waals surface area contributed by atoms with Crippen molar-refractivity contribution in [3.05, 3.63) is 102 Å². The summed E-state index contributed by atoms with van der Waals surface area (Å²) in [5.41, 5.74) is 5.66. The molecule has 0 saturated heterocycles. The molecule has 0 radical (unpaired) electrons. The van der Waals surface area contributed by atoms with Crippen LogP contribution in [0.1, 0.15) is 12.5 Å². The second kappa shape index (κ2) is 12.4. The molecule has 2 aromatic heterocycles. The van der Waals surface area contributed by atoms with Crippen LogP contribution in [-0.2, 0) is 4.79 Å². The maximum absolute atomic E-state index is 12.9. The number of fused-ring (bicyclic) bond motifs is 1. The number of anilines is 1. The van der Waals surface area contributed by atoms with E-state index in [0.717, 1.165) is 43.5 Å². The highest BCUT2D eigenvalue weighted by atomic mass is 35.5. The van der Waals surface area contributed by atoms with Crippen molar-refractivity contribution in [3.63, 3.8) is 0 Å². The Morgan fingerprint density at radius 1 is 0.952 bits per heavy atom. The van der Waals surface area contributed by atoms with Gasteiger partial charge in [0.15, 0.2) is 11.0 Å². The number of halogens is 1. The number of rotatable bonds is 9. The normalized spacial score (nSPS) is 11.1. The molecule has 1 N–H and O–H groups in total. The number of aromatic nitrogens is 4. The number of ether oxygens (including phenoxy) is 1. The summed E-state index contributed by atoms with van der Waals surface area (Å²) in [4.78, 5) is 17.7. The second-order valence-corrected chi connectivity index (χ2v) is 11.9. The molecule has 0 aliphatic carbocycles. The van der Waals surface area contributed by atoms with Gasteiger partial charge in [-0.05, 0) is 104 Å². The lowest BCUT2D eigenvalue weighted by Crippen LogP contribution is -2.14. The predicted molar refractivity (Wildman–Crippen MR) is 172 cm³/mol. The van der Waals surface area contributed by atoms with Crippen LogP contribution < -0.4 is 10.1 Å². The van der Waals surface area contributed by atoms with Gasteiger partial charge in [0.25, 0.3) is 0 Å². The van der Waals surface area contributed by atoms with Gasteiger partial charge in [-0.2, -0.15) is 0 Å². The first-order valence-electron chi connectivity index (χ1n) is 13.3. The van der Waals surface area contributed by atoms with Gasteiger partial charge in [-0.15, -0.1) is 21.5 Å². The van der Waals surface area contributed by atoms with Crippen LogP contribution in [0.15, 0.2) is 96.2 Å². The van der Waals surface area contributed by atoms with Crippen LogP contribution >= 0.6 is 34.7 Å². The van der Waals surface area contributed by atoms with E-state index in [1.807, 2.05) is 90.4 Å². The molecular weight excluding hydrogens is 586 g/mol. The Morgan fingerprint density at radius 3 is 2.43 bits per heavy atom. The molecule has 7 nitrogen and oxygen atoms in total. The molecule has 0 bridgehead atoms. The number of nitrogens with zero attached hydrogens (tertiary/aromatic N) is 4. The molecule has 0 atom stereocenters. The number of benzene rings is 4. The van der Waals surface area contributed by atoms with Crippen LogP contribution in [0.3, 0.4) is 0 Å². The number of aryl methyl sites for hydroxylation is 1. The number of nitrogens with one attached hydrogen (secondary N) is 1. The Balaban J connectivity index is 1.17. The Kier molecular flexibility index (Phi) is 8.23. The summed E-state index contributed by atoms with van der Waals surface area (Å²) >= 11 is 9.09. The molecule has 4 aromatic carbocycles. The van der Waals surface area contributed by atoms with Gasteiger partial charge in [-0.25, -0.2) is 4.98 Å². The highest BCUT2D eigenvalue weighted by Crippen LogP contribution is 2.32. The lowest BCUT2D eigenvalue weighted by atomic mass is 10.2. The molecular formula is C32H26ClN5O2S2. The summed E-state index contributed by atoms with van der Waals surface area (Å²) in [6.07, 6.45) is 0. The third-order valence-electron chi connectivity index (χ3n) is 6.43. The van der Waals surface area contributed by atoms with Gasteiger partial charge in [-0.1, -0.05) is 29.4 Å². The van der Waals surface area contributed by atoms with E-state index in [2.05, 4.69) is 34.6 Å². The first-order chi connectivity index (χ1) is 20.5. The minimum Gasteiger partial charge on any atom is -0.494 e. The van der Waals surface area contributed by atoms with E-state index in [-0.39, 0.29) is 11.7 Å². The van der Waals surface area contributed by atoms with Crippen molar-refractivity contribution in [2.24, 2.45) is 0 Å². The van der Waals surface area contributed by atoms with E-state index in [1.54, 1.807) is 11.3 Å². The number of hydrogen-bond donors (Lipinski definition) is 1. The topological polar surface area (TPSA) is 81.9 Å². The second-order valence-electron chi connectivity index (χ2n) is 9.48. The molecule has 0 fully saturated rings. The number of thioether (sulfide) groups is 1. The van der Waals surface area contributed by atoms with Gasteiger partial charge in [0.05, 0.1) is 22.6 Å². The Bertz CT molecular complexity index is 1850. The van der Waals surface area contributed by atoms with Crippen molar-refractivity contribution >= 4 is 56.5 Å². The van der Waals surface area contributed by atoms with E-state index in [4.69, 9.17) is 21.3 Å². The minimum atomic E-state index is -0.141. The van der Waals surface area contributed by atoms with Crippen molar-refractivity contribution in [1.29, 1.82) is 0 Å². The number of carbonyl (C=O) groups excluding carboxylic acids is 1. The fourth-order valence-corrected chi connectivity index (χ4v) is 6.37. The highest BCUT2D eigenvalue weighted by Gasteiger charge is 2.18. The minimum absolute atomic E-state index is 0.141. The fourth-order valence-electron chi connectivity index (χ4n) is 4.42. The Morgan fingerprint density at radius 2 is 1.69 bits per heavy atom. The predicted octanol–water partition coefficient (Wildman–Crippen LogP) is 8.30. The molecule has 0 aliphatic rings. The van der Waals surface area contributed by atoms with E-state index < -0.39 is 0 Å². The van der Waals surface area contributed by atoms with Crippen LogP contribution in [0.5, 0.6) is 5.75 Å². The van der Waals surface area contributed by atoms with Crippen molar-refractivity contribution < 1.29 is 9.53 Å². The van der Waals surface area contributed by atoms with Crippen LogP contribution in [-0.4, -0.2) is 38.0 Å². The zero-order valence-electron chi connectivity index (χ0n) is 22.9. The highest BCUT2D eigenvalue weighted by molar-refractivity contribution is 7.99. The fraction of sp³-hybridized carbons (Fsp3) is 0.125. The average Bonchev–Trinajstić information content (AvgIpc) is 3.62. The maximum Gasteiger partial charge on any atom is 0.234 e. The zero-order valence-corrected chi connectivity index (χ0v) is 25.3. The quantitative estimate of drug-likeness (QED) is 0.166. The third kappa shape index (κ3) is 6.18. The van der Waals surface area contributed by atoms with Gasteiger partial charge < -0.3 is 10.1 Å². The molecule has 0 saturated carbocycles. The third-order valence-corrected chi connectivity index (χ3v) is 8.68. The summed E-state index contributed by atoms with van der Waals surface area (Å²) in [6, 6.07) is 29.2. The zero-order chi connectivity index (χ0) is 29.1. The van der Waals surface area contributed by atoms with Gasteiger partial charge in [0, 0.05) is 27.5 Å². The molecule has 2 heterocycles. The molecule has 6 aromatic rings. The lowest BCUT2D eigenvalue weighted by Gasteiger charge is -2.12. The van der Waals surface area contributed by atoms with Crippen molar-refractivity contribution in [3.8, 4) is 33.4 Å². The molecule has 0 spiro atoms. The van der Waals surface area contributed by atoms with E-state index in [0.29, 0.717) is 22.6 Å². The smallest absolute Gasteiger partial charge is 0.234 e. The molecule has 10 heteroatoms. The standard InChI is InChI=1S/C32H26ClN5O2S2/c1-3-40-26-15-13-25(14-16-26)38-30(21-5-9-23(33)10-6-21)36-37-32(38)41-19-29(39)34-24-11-7-22(8-12-24)31-35-27-17-4-20(2)18-28(27)42-31/h4-18H,3,19H2,1-2H3,(H,34,39). The number of thiazole rings is 1. The average molecular weight is 612 g/mol. The van der Waals surface area contributed by atoms with E-state index >= 15 is 0 Å². The summed E-state index contributed by atoms with van der Waals surface area (Å²) in [5.74, 6) is 1.45. The molecule has 0 aliphatic heterocycles. The molecule has 42 heavy (non-hydrogen) atoms. The van der Waals surface area contributed by atoms with E-state index in [1.165, 1.54) is 17.3 Å². The van der Waals surface area contributed by atoms with Crippen LogP contribution in [0.25, 0.3) is 37.9 Å². The number of carbonyl (C=O) groups is 1. The summed E-state index contributed by atoms with van der Waals surface area (Å²) in [7, 11) is 0. The van der Waals surface area contributed by atoms with Crippen molar-refractivity contribution in [1.82, 2.24) is 19.7 Å². The van der Waals surface area contributed by atoms with Crippen molar-refractivity contribution in [2.75, 3.05) is 17.7 Å². The molecule has 0 unspecified atom stereocenters. The first kappa shape index (κ1) is 28.0. The Labute approximate surface area is 256 Å². The van der Waals surface area contributed by atoms with Crippen LogP contribution in [0.4, 0.5) is 5.69 Å². The first-order valence-corrected chi connectivity index (χ1v) is 15.5. The number of amides is 1. The summed E-state index contributed by atoms with van der Waals surface area (Å²) in [6.45, 7) is 4.61. The van der Waals surface area contributed by atoms with Gasteiger partial charge in [0.1, 0.15) is 10.8 Å². The van der Waals surface area contributed by atoms with Gasteiger partial charge in [0.2, 0.25) is 5.91 Å². The SMILES string of the molecule is CCOc1ccc(-n2c(SCC(=O)Nc3ccc(-c4nc5ccc(C)cc5s4)cc3)nnc2-c2ccc(Cl)cc2)cc1. The summed E-state index contributed by atoms with van der Waals surface area (Å²) < 4.78 is 8.71. The van der Waals surface area contributed by atoms with Crippen molar-refractivity contribution in [2.45, 2.75) is 19.0 Å². The molecule has 1 amide bonds. The molecule has 6 rings (SSSR count). The monoisotopic (exact) mass is 611 g/mol. The number of hydrogen-bond acceptors (Lipinski definition) is 7. The maximum atomic E-state index is 12.9. The van der Waals surface area contributed by atoms with Gasteiger partial charge in [-0.3, -0.25) is 9.36 Å². The van der Waals surface area contributed by atoms with Crippen LogP contribution in [0, 0.1) is 6.92 Å². The van der Waals surface area contributed by atoms with Crippen LogP contribution in [0.2, 0.25) is 5.02 Å². The van der Waals surface area contributed by atoms with Gasteiger partial charge >= 0.3 is 0 Å². The molecule has 210 valence electrons.